The predicted octanol–water partition coefficient (Wildman–Crippen LogP) is 13.1. The van der Waals surface area contributed by atoms with Crippen molar-refractivity contribution in [1.29, 1.82) is 0 Å². The first-order valence-corrected chi connectivity index (χ1v) is 24.0. The van der Waals surface area contributed by atoms with Gasteiger partial charge in [-0.3, -0.25) is 0 Å². The minimum Gasteiger partial charge on any atom is -0.172 e. The van der Waals surface area contributed by atoms with Crippen molar-refractivity contribution in [3.8, 4) is 0 Å². The molecule has 0 aliphatic rings. The fourth-order valence-corrected chi connectivity index (χ4v) is 17.3. The van der Waals surface area contributed by atoms with Gasteiger partial charge in [-0.1, -0.05) is 117 Å². The molecule has 0 atom stereocenters. The van der Waals surface area contributed by atoms with Crippen molar-refractivity contribution in [2.24, 2.45) is 0 Å². The van der Waals surface area contributed by atoms with E-state index in [-0.39, 0.29) is 0 Å². The summed E-state index contributed by atoms with van der Waals surface area (Å²) in [6.07, 6.45) is 18.1. The molecule has 0 spiro atoms. The third-order valence-corrected chi connectivity index (χ3v) is 21.1. The molecule has 4 heterocycles. The van der Waals surface area contributed by atoms with Gasteiger partial charge in [-0.2, -0.15) is 17.5 Å². The second-order valence-electron chi connectivity index (χ2n) is 13.5. The van der Waals surface area contributed by atoms with Crippen LogP contribution in [0.2, 0.25) is 18.1 Å². The Labute approximate surface area is 293 Å². The summed E-state index contributed by atoms with van der Waals surface area (Å²) >= 11 is 6.88. The number of aromatic nitrogens is 4. The average Bonchev–Trinajstić information content (AvgIpc) is 3.87. The number of rotatable bonds is 18. The molecule has 0 aliphatic carbocycles. The Balaban J connectivity index is 1.58. The van der Waals surface area contributed by atoms with Crippen LogP contribution in [0.3, 0.4) is 0 Å². The maximum atomic E-state index is 5.11. The van der Waals surface area contributed by atoms with Gasteiger partial charge in [0.05, 0.1) is 31.5 Å². The largest absolute Gasteiger partial charge is 0.172 e. The lowest BCUT2D eigenvalue weighted by molar-refractivity contribution is 0.608. The van der Waals surface area contributed by atoms with Crippen LogP contribution >= 0.6 is 46.1 Å². The lowest BCUT2D eigenvalue weighted by atomic mass is 9.96. The van der Waals surface area contributed by atoms with Crippen LogP contribution in [0.4, 0.5) is 0 Å². The van der Waals surface area contributed by atoms with Crippen molar-refractivity contribution in [3.63, 3.8) is 0 Å². The van der Waals surface area contributed by atoms with Crippen molar-refractivity contribution in [1.82, 2.24) is 17.5 Å². The molecule has 9 heteroatoms. The zero-order chi connectivity index (χ0) is 32.3. The Morgan fingerprint density at radius 1 is 0.478 bits per heavy atom. The van der Waals surface area contributed by atoms with E-state index < -0.39 is 8.07 Å². The van der Waals surface area contributed by atoms with Crippen LogP contribution in [0.15, 0.2) is 0 Å². The molecule has 0 bridgehead atoms. The highest BCUT2D eigenvalue weighted by Gasteiger charge is 2.36. The zero-order valence-corrected chi connectivity index (χ0v) is 33.2. The molecular formula is C37H52N4S4Si. The molecule has 0 N–H and O–H groups in total. The smallest absolute Gasteiger partial charge is 0.114 e. The van der Waals surface area contributed by atoms with E-state index in [1.807, 2.05) is 11.3 Å². The number of unbranched alkanes of at least 4 members (excludes halogenated alkanes) is 10. The van der Waals surface area contributed by atoms with Crippen LogP contribution in [-0.4, -0.2) is 25.6 Å². The van der Waals surface area contributed by atoms with Gasteiger partial charge in [-0.25, -0.2) is 0 Å². The number of fused-ring (bicyclic) bond motifs is 11. The summed E-state index contributed by atoms with van der Waals surface area (Å²) in [5, 5.41) is 5.37. The average molecular weight is 709 g/mol. The highest BCUT2D eigenvalue weighted by atomic mass is 32.1. The molecule has 0 fully saturated rings. The van der Waals surface area contributed by atoms with Gasteiger partial charge in [0.25, 0.3) is 0 Å². The van der Waals surface area contributed by atoms with E-state index in [2.05, 4.69) is 52.9 Å². The number of benzene rings is 2. The Morgan fingerprint density at radius 2 is 0.891 bits per heavy atom. The third kappa shape index (κ3) is 6.10. The zero-order valence-electron chi connectivity index (χ0n) is 28.9. The fraction of sp³-hybridized carbons (Fsp3) is 0.622. The molecule has 0 radical (unpaired) electrons. The molecule has 0 saturated carbocycles. The predicted molar refractivity (Wildman–Crippen MR) is 212 cm³/mol. The van der Waals surface area contributed by atoms with Gasteiger partial charge in [-0.05, 0) is 48.2 Å². The van der Waals surface area contributed by atoms with E-state index in [9.17, 15) is 0 Å². The second-order valence-corrected chi connectivity index (χ2v) is 22.4. The molecule has 6 rings (SSSR count). The van der Waals surface area contributed by atoms with Crippen molar-refractivity contribution < 1.29 is 0 Å². The molecule has 0 unspecified atom stereocenters. The third-order valence-electron chi connectivity index (χ3n) is 10.9. The molecule has 0 aliphatic heterocycles. The molecule has 0 saturated heterocycles. The van der Waals surface area contributed by atoms with Crippen molar-refractivity contribution in [3.05, 3.63) is 16.0 Å². The van der Waals surface area contributed by atoms with E-state index in [4.69, 9.17) is 17.5 Å². The Hall–Kier alpha value is -1.52. The summed E-state index contributed by atoms with van der Waals surface area (Å²) in [6.45, 7) is 14.3. The summed E-state index contributed by atoms with van der Waals surface area (Å²) in [7, 11) is -1.65. The van der Waals surface area contributed by atoms with E-state index in [0.29, 0.717) is 0 Å². The fourth-order valence-electron chi connectivity index (χ4n) is 7.97. The van der Waals surface area contributed by atoms with Gasteiger partial charge < -0.3 is 0 Å². The molecule has 6 aromatic rings. The van der Waals surface area contributed by atoms with Crippen molar-refractivity contribution in [2.45, 2.75) is 150 Å². The number of hydrogen-bond donors (Lipinski definition) is 0. The normalized spacial score (nSPS) is 12.7. The van der Waals surface area contributed by atoms with Gasteiger partial charge in [0.1, 0.15) is 22.1 Å². The second kappa shape index (κ2) is 15.4. The van der Waals surface area contributed by atoms with Crippen LogP contribution in [0, 0.1) is 6.92 Å². The van der Waals surface area contributed by atoms with E-state index in [1.165, 1.54) is 160 Å². The number of aryl methyl sites for hydroxylation is 3. The Bertz CT molecular complexity index is 1920. The summed E-state index contributed by atoms with van der Waals surface area (Å²) in [6, 6.07) is 3.91. The Morgan fingerprint density at radius 3 is 1.39 bits per heavy atom. The lowest BCUT2D eigenvalue weighted by Gasteiger charge is -2.28. The molecule has 4 nitrogen and oxygen atoms in total. The van der Waals surface area contributed by atoms with Gasteiger partial charge >= 0.3 is 0 Å². The van der Waals surface area contributed by atoms with Gasteiger partial charge in [0, 0.05) is 35.8 Å². The minimum atomic E-state index is -1.65. The maximum Gasteiger partial charge on any atom is 0.114 e. The molecule has 4 aromatic heterocycles. The van der Waals surface area contributed by atoms with Crippen LogP contribution in [0.1, 0.15) is 128 Å². The first kappa shape index (κ1) is 34.3. The van der Waals surface area contributed by atoms with Gasteiger partial charge in [0.15, 0.2) is 0 Å². The van der Waals surface area contributed by atoms with Crippen LogP contribution in [0.5, 0.6) is 0 Å². The first-order valence-electron chi connectivity index (χ1n) is 18.2. The number of hydrogen-bond acceptors (Lipinski definition) is 8. The monoisotopic (exact) mass is 708 g/mol. The number of nitrogens with zero attached hydrogens (tertiary/aromatic N) is 4. The molecule has 0 amide bonds. The molecule has 46 heavy (non-hydrogen) atoms. The topological polar surface area (TPSA) is 51.6 Å². The standard InChI is InChI=1S/C37H52N4S4Si/c1-7-12-14-16-18-20-22-25-24(6)42-35-27(25)31-34(41-44-38-31)30-29(35)33-32(39-45-40-33)28-26(23-21-19-17-15-13-8-2)37(43-36(28)30)46(9-3,10-4)11-5/h7-23H2,1-6H3. The summed E-state index contributed by atoms with van der Waals surface area (Å²) in [4.78, 5) is 1.44. The van der Waals surface area contributed by atoms with Crippen LogP contribution < -0.4 is 4.50 Å². The molecule has 248 valence electrons. The SMILES string of the molecule is CCCCCCCCc1c(C)sc2c1c1nsnc1c1c3sc([Si](CC)(CC)CC)c(CCCCCCCC)c3c3nsnc3c21. The van der Waals surface area contributed by atoms with E-state index in [0.717, 1.165) is 34.9 Å². The first-order chi connectivity index (χ1) is 22.5. The lowest BCUT2D eigenvalue weighted by Crippen LogP contribution is -2.45. The van der Waals surface area contributed by atoms with Gasteiger partial charge in [0.2, 0.25) is 0 Å². The Kier molecular flexibility index (Phi) is 11.5. The molecular weight excluding hydrogens is 657 g/mol. The highest BCUT2D eigenvalue weighted by molar-refractivity contribution is 7.33. The van der Waals surface area contributed by atoms with E-state index >= 15 is 0 Å². The molecule has 2 aromatic carbocycles. The summed E-state index contributed by atoms with van der Waals surface area (Å²) < 4.78 is 24.9. The highest BCUT2D eigenvalue weighted by Crippen LogP contribution is 2.49. The summed E-state index contributed by atoms with van der Waals surface area (Å²) in [5.74, 6) is 0. The number of thiophene rings is 2. The summed E-state index contributed by atoms with van der Waals surface area (Å²) in [5.41, 5.74) is 7.59. The van der Waals surface area contributed by atoms with Crippen molar-refractivity contribution >= 4 is 112 Å². The van der Waals surface area contributed by atoms with E-state index in [1.54, 1.807) is 10.1 Å². The van der Waals surface area contributed by atoms with Gasteiger partial charge in [-0.15, -0.1) is 22.7 Å². The van der Waals surface area contributed by atoms with Crippen LogP contribution in [-0.2, 0) is 12.8 Å². The van der Waals surface area contributed by atoms with Crippen molar-refractivity contribution in [2.75, 3.05) is 0 Å². The minimum absolute atomic E-state index is 1.10. The quantitative estimate of drug-likeness (QED) is 0.0659. The maximum absolute atomic E-state index is 5.11. The van der Waals surface area contributed by atoms with Crippen LogP contribution in [0.25, 0.3) is 53.0 Å².